The van der Waals surface area contributed by atoms with E-state index in [1.54, 1.807) is 41.1 Å². The van der Waals surface area contributed by atoms with Crippen LogP contribution in [0.1, 0.15) is 5.69 Å². The monoisotopic (exact) mass is 411 g/mol. The number of carbonyl (C=O) groups is 1. The van der Waals surface area contributed by atoms with Gasteiger partial charge in [-0.2, -0.15) is 0 Å². The van der Waals surface area contributed by atoms with E-state index >= 15 is 0 Å². The Morgan fingerprint density at radius 1 is 1.11 bits per heavy atom. The minimum Gasteiger partial charge on any atom is -0.338 e. The fourth-order valence-corrected chi connectivity index (χ4v) is 3.60. The van der Waals surface area contributed by atoms with Gasteiger partial charge in [-0.15, -0.1) is 0 Å². The summed E-state index contributed by atoms with van der Waals surface area (Å²) in [6.07, 6.45) is 1.60. The van der Waals surface area contributed by atoms with Crippen molar-refractivity contribution >= 4 is 56.6 Å². The standard InChI is InChI=1S/C21H15Cl2N3O2/c1-12-9-17(14-3-2-4-16(23)21(14)24-12)25-20(28)11-26-8-7-19(27)15-10-13(22)5-6-18(15)26/h2-10H,11H2,1H3,(H,24,25,28). The van der Waals surface area contributed by atoms with Crippen LogP contribution in [-0.2, 0) is 11.3 Å². The maximum absolute atomic E-state index is 12.7. The number of aromatic nitrogens is 2. The van der Waals surface area contributed by atoms with Gasteiger partial charge in [-0.05, 0) is 37.3 Å². The van der Waals surface area contributed by atoms with Crippen LogP contribution in [0.25, 0.3) is 21.8 Å². The van der Waals surface area contributed by atoms with Gasteiger partial charge in [0.15, 0.2) is 5.43 Å². The Balaban J connectivity index is 1.69. The van der Waals surface area contributed by atoms with Crippen LogP contribution < -0.4 is 10.7 Å². The van der Waals surface area contributed by atoms with E-state index in [9.17, 15) is 9.59 Å². The minimum absolute atomic E-state index is 0.0435. The summed E-state index contributed by atoms with van der Waals surface area (Å²) in [7, 11) is 0. The SMILES string of the molecule is Cc1cc(NC(=O)Cn2ccc(=O)c3cc(Cl)ccc32)c2cccc(Cl)c2n1. The summed E-state index contributed by atoms with van der Waals surface area (Å²) in [5.74, 6) is -0.230. The van der Waals surface area contributed by atoms with Gasteiger partial charge in [0.25, 0.3) is 0 Å². The smallest absolute Gasteiger partial charge is 0.244 e. The average molecular weight is 412 g/mol. The molecule has 0 spiro atoms. The van der Waals surface area contributed by atoms with Crippen molar-refractivity contribution in [1.82, 2.24) is 9.55 Å². The van der Waals surface area contributed by atoms with Crippen molar-refractivity contribution in [1.29, 1.82) is 0 Å². The lowest BCUT2D eigenvalue weighted by atomic mass is 10.1. The topological polar surface area (TPSA) is 64.0 Å². The normalized spacial score (nSPS) is 11.1. The zero-order valence-electron chi connectivity index (χ0n) is 14.9. The van der Waals surface area contributed by atoms with Gasteiger partial charge < -0.3 is 9.88 Å². The van der Waals surface area contributed by atoms with Gasteiger partial charge in [0.1, 0.15) is 6.54 Å². The van der Waals surface area contributed by atoms with E-state index in [2.05, 4.69) is 10.3 Å². The molecule has 0 saturated heterocycles. The molecule has 0 bridgehead atoms. The Kier molecular flexibility index (Phi) is 4.79. The number of pyridine rings is 2. The van der Waals surface area contributed by atoms with Gasteiger partial charge in [0.2, 0.25) is 5.91 Å². The summed E-state index contributed by atoms with van der Waals surface area (Å²) in [4.78, 5) is 29.3. The molecule has 4 aromatic rings. The van der Waals surface area contributed by atoms with Crippen molar-refractivity contribution in [3.8, 4) is 0 Å². The first kappa shape index (κ1) is 18.5. The number of fused-ring (bicyclic) bond motifs is 2. The van der Waals surface area contributed by atoms with Crippen LogP contribution in [0, 0.1) is 6.92 Å². The molecule has 0 saturated carbocycles. The number of nitrogens with zero attached hydrogens (tertiary/aromatic N) is 2. The highest BCUT2D eigenvalue weighted by Gasteiger charge is 2.12. The molecule has 0 aliphatic heterocycles. The third-order valence-electron chi connectivity index (χ3n) is 4.45. The van der Waals surface area contributed by atoms with Crippen LogP contribution in [-0.4, -0.2) is 15.5 Å². The number of anilines is 1. The number of aryl methyl sites for hydroxylation is 1. The molecule has 0 fully saturated rings. The molecule has 28 heavy (non-hydrogen) atoms. The fourth-order valence-electron chi connectivity index (χ4n) is 3.21. The summed E-state index contributed by atoms with van der Waals surface area (Å²) in [6.45, 7) is 1.89. The molecule has 2 aromatic carbocycles. The Bertz CT molecular complexity index is 1300. The van der Waals surface area contributed by atoms with Crippen molar-refractivity contribution in [2.24, 2.45) is 0 Å². The lowest BCUT2D eigenvalue weighted by Crippen LogP contribution is -2.20. The van der Waals surface area contributed by atoms with E-state index in [0.29, 0.717) is 32.2 Å². The Morgan fingerprint density at radius 3 is 2.75 bits per heavy atom. The predicted octanol–water partition coefficient (Wildman–Crippen LogP) is 4.80. The van der Waals surface area contributed by atoms with E-state index in [1.165, 1.54) is 6.07 Å². The van der Waals surface area contributed by atoms with Gasteiger partial charge in [0, 0.05) is 33.8 Å². The van der Waals surface area contributed by atoms with E-state index in [4.69, 9.17) is 23.2 Å². The van der Waals surface area contributed by atoms with Crippen LogP contribution in [0.5, 0.6) is 0 Å². The van der Waals surface area contributed by atoms with Crippen molar-refractivity contribution in [2.45, 2.75) is 13.5 Å². The number of hydrogen-bond donors (Lipinski definition) is 1. The van der Waals surface area contributed by atoms with Crippen LogP contribution in [0.2, 0.25) is 10.0 Å². The van der Waals surface area contributed by atoms with Gasteiger partial charge >= 0.3 is 0 Å². The second-order valence-corrected chi connectivity index (χ2v) is 7.31. The molecule has 0 aliphatic rings. The second-order valence-electron chi connectivity index (χ2n) is 6.46. The highest BCUT2D eigenvalue weighted by molar-refractivity contribution is 6.35. The summed E-state index contributed by atoms with van der Waals surface area (Å²) in [6, 6.07) is 13.7. The molecule has 2 aromatic heterocycles. The molecule has 2 heterocycles. The largest absolute Gasteiger partial charge is 0.338 e. The second kappa shape index (κ2) is 7.26. The molecule has 0 aliphatic carbocycles. The molecular formula is C21H15Cl2N3O2. The first-order valence-electron chi connectivity index (χ1n) is 8.57. The lowest BCUT2D eigenvalue weighted by Gasteiger charge is -2.13. The van der Waals surface area contributed by atoms with Gasteiger partial charge in [0.05, 0.1) is 21.7 Å². The quantitative estimate of drug-likeness (QED) is 0.526. The Labute approximate surface area is 170 Å². The molecule has 0 atom stereocenters. The molecule has 5 nitrogen and oxygen atoms in total. The summed E-state index contributed by atoms with van der Waals surface area (Å²) in [5, 5.41) is 5.17. The van der Waals surface area contributed by atoms with Crippen LogP contribution in [0.3, 0.4) is 0 Å². The number of hydrogen-bond acceptors (Lipinski definition) is 3. The average Bonchev–Trinajstić information content (AvgIpc) is 2.65. The molecule has 0 unspecified atom stereocenters. The van der Waals surface area contributed by atoms with Crippen LogP contribution >= 0.6 is 23.2 Å². The third kappa shape index (κ3) is 3.46. The van der Waals surface area contributed by atoms with Crippen LogP contribution in [0.4, 0.5) is 5.69 Å². The molecule has 4 rings (SSSR count). The maximum atomic E-state index is 12.7. The molecule has 140 valence electrons. The van der Waals surface area contributed by atoms with Crippen molar-refractivity contribution < 1.29 is 4.79 Å². The summed E-state index contributed by atoms with van der Waals surface area (Å²) in [5.41, 5.74) is 2.54. The number of benzene rings is 2. The molecule has 1 amide bonds. The maximum Gasteiger partial charge on any atom is 0.244 e. The number of halogens is 2. The summed E-state index contributed by atoms with van der Waals surface area (Å²) >= 11 is 12.2. The number of nitrogens with one attached hydrogen (secondary N) is 1. The Hall–Kier alpha value is -2.89. The zero-order chi connectivity index (χ0) is 19.8. The molecular weight excluding hydrogens is 397 g/mol. The van der Waals surface area contributed by atoms with Gasteiger partial charge in [-0.25, -0.2) is 0 Å². The predicted molar refractivity (Wildman–Crippen MR) is 113 cm³/mol. The number of para-hydroxylation sites is 1. The number of carbonyl (C=O) groups excluding carboxylic acids is 1. The minimum atomic E-state index is -0.230. The molecule has 1 N–H and O–H groups in total. The fraction of sp³-hybridized carbons (Fsp3) is 0.0952. The van der Waals surface area contributed by atoms with E-state index in [0.717, 1.165) is 11.1 Å². The molecule has 0 radical (unpaired) electrons. The first-order valence-corrected chi connectivity index (χ1v) is 9.32. The third-order valence-corrected chi connectivity index (χ3v) is 4.99. The highest BCUT2D eigenvalue weighted by atomic mass is 35.5. The number of rotatable bonds is 3. The summed E-state index contributed by atoms with van der Waals surface area (Å²) < 4.78 is 1.71. The lowest BCUT2D eigenvalue weighted by molar-refractivity contribution is -0.116. The first-order chi connectivity index (χ1) is 13.4. The Morgan fingerprint density at radius 2 is 1.93 bits per heavy atom. The molecule has 7 heteroatoms. The van der Waals surface area contributed by atoms with Crippen molar-refractivity contribution in [3.05, 3.63) is 80.7 Å². The van der Waals surface area contributed by atoms with E-state index in [1.807, 2.05) is 19.1 Å². The van der Waals surface area contributed by atoms with E-state index in [-0.39, 0.29) is 17.9 Å². The highest BCUT2D eigenvalue weighted by Crippen LogP contribution is 2.28. The van der Waals surface area contributed by atoms with Crippen molar-refractivity contribution in [3.63, 3.8) is 0 Å². The van der Waals surface area contributed by atoms with E-state index < -0.39 is 0 Å². The van der Waals surface area contributed by atoms with Crippen molar-refractivity contribution in [2.75, 3.05) is 5.32 Å². The van der Waals surface area contributed by atoms with Gasteiger partial charge in [-0.3, -0.25) is 14.6 Å². The van der Waals surface area contributed by atoms with Gasteiger partial charge in [-0.1, -0.05) is 35.3 Å². The zero-order valence-corrected chi connectivity index (χ0v) is 16.4. The number of amides is 1. The van der Waals surface area contributed by atoms with Crippen LogP contribution in [0.15, 0.2) is 59.5 Å².